The molecule has 6 N–H and O–H groups in total. The van der Waals surface area contributed by atoms with Crippen LogP contribution in [0.5, 0.6) is 0 Å². The van der Waals surface area contributed by atoms with E-state index in [-0.39, 0.29) is 71.6 Å². The molecule has 0 aromatic rings. The number of amides is 1. The van der Waals surface area contributed by atoms with E-state index in [1.807, 2.05) is 0 Å². The second kappa shape index (κ2) is 30.2. The maximum atomic E-state index is 11.4. The van der Waals surface area contributed by atoms with Gasteiger partial charge in [0.15, 0.2) is 5.25 Å². The fraction of sp³-hybridized carbons (Fsp3) is 0.875. The molecule has 1 atom stereocenters. The van der Waals surface area contributed by atoms with Crippen LogP contribution >= 0.6 is 0 Å². The van der Waals surface area contributed by atoms with Gasteiger partial charge in [0.2, 0.25) is 5.91 Å². The summed E-state index contributed by atoms with van der Waals surface area (Å²) in [5.41, 5.74) is 5.27. The van der Waals surface area contributed by atoms with Crippen LogP contribution in [0.25, 0.3) is 0 Å². The zero-order chi connectivity index (χ0) is 27.8. The molecule has 0 spiro atoms. The molecule has 1 amide bonds. The first kappa shape index (κ1) is 45.2. The summed E-state index contributed by atoms with van der Waals surface area (Å²) in [4.78, 5) is 31.4. The quantitative estimate of drug-likeness (QED) is 0.0473. The van der Waals surface area contributed by atoms with E-state index >= 15 is 0 Å². The van der Waals surface area contributed by atoms with Gasteiger partial charge in [-0.25, -0.2) is 5.43 Å². The Morgan fingerprint density at radius 3 is 1.50 bits per heavy atom. The second-order valence-electron chi connectivity index (χ2n) is 9.31. The number of hydrogen-bond donors (Lipinski definition) is 6. The molecule has 218 valence electrons. The van der Waals surface area contributed by atoms with Gasteiger partial charge in [-0.15, -0.1) is 0 Å². The molecular formula is C24H50N2Na2O9S. The third-order valence-corrected chi connectivity index (χ3v) is 6.48. The first-order valence-electron chi connectivity index (χ1n) is 12.9. The fourth-order valence-corrected chi connectivity index (χ4v) is 3.97. The fourth-order valence-electron chi connectivity index (χ4n) is 3.36. The SMILES string of the molecule is CC(C)CCCCCCCCCCCCCCC(=O)NNCCO.O=C(O)CC(C(=O)O)S(=O)(=O)O.[NaH].[NaH]. The standard InChI is InChI=1S/C20H42N2O2.C4H6O7S.2Na.2H/c1-19(2)15-13-11-9-7-5-3-4-6-8-10-12-14-16-20(24)22-21-17-18-23;5-3(6)1-2(4(7)8)12(9,10)11;;;;/h19,21,23H,3-18H2,1-2H3,(H,22,24);2H,1H2,(H,5,6)(H,7,8)(H,9,10,11);;;;. The van der Waals surface area contributed by atoms with Crippen molar-refractivity contribution >= 4 is 87.1 Å². The molecule has 11 nitrogen and oxygen atoms in total. The van der Waals surface area contributed by atoms with Crippen molar-refractivity contribution < 1.29 is 42.7 Å². The van der Waals surface area contributed by atoms with E-state index in [1.165, 1.54) is 70.6 Å². The van der Waals surface area contributed by atoms with Gasteiger partial charge in [0, 0.05) is 13.0 Å². The Morgan fingerprint density at radius 1 is 0.763 bits per heavy atom. The van der Waals surface area contributed by atoms with Gasteiger partial charge in [-0.1, -0.05) is 90.9 Å². The molecule has 0 aliphatic carbocycles. The van der Waals surface area contributed by atoms with E-state index in [2.05, 4.69) is 24.7 Å². The van der Waals surface area contributed by atoms with Gasteiger partial charge >= 0.3 is 71.1 Å². The Labute approximate surface area is 273 Å². The average molecular weight is 589 g/mol. The Bertz CT molecular complexity index is 696. The van der Waals surface area contributed by atoms with Crippen LogP contribution in [-0.4, -0.2) is 124 Å². The number of unbranched alkanes of at least 4 members (excludes halogenated alkanes) is 11. The zero-order valence-corrected chi connectivity index (χ0v) is 22.7. The van der Waals surface area contributed by atoms with Crippen molar-refractivity contribution in [3.05, 3.63) is 0 Å². The summed E-state index contributed by atoms with van der Waals surface area (Å²) in [5.74, 6) is -2.61. The van der Waals surface area contributed by atoms with E-state index in [9.17, 15) is 22.8 Å². The molecule has 14 heteroatoms. The number of hydrogen-bond acceptors (Lipinski definition) is 7. The van der Waals surface area contributed by atoms with E-state index in [0.717, 1.165) is 18.8 Å². The van der Waals surface area contributed by atoms with E-state index < -0.39 is 33.7 Å². The Kier molecular flexibility index (Phi) is 36.0. The third kappa shape index (κ3) is 34.3. The monoisotopic (exact) mass is 588 g/mol. The molecule has 0 aliphatic rings. The van der Waals surface area contributed by atoms with Crippen LogP contribution in [0, 0.1) is 5.92 Å². The Hall–Kier alpha value is 0.240. The van der Waals surface area contributed by atoms with E-state index in [0.29, 0.717) is 13.0 Å². The van der Waals surface area contributed by atoms with Crippen LogP contribution in [0.2, 0.25) is 0 Å². The summed E-state index contributed by atoms with van der Waals surface area (Å²) in [6.45, 7) is 5.07. The summed E-state index contributed by atoms with van der Waals surface area (Å²) in [6, 6.07) is 0. The van der Waals surface area contributed by atoms with Crippen LogP contribution in [0.4, 0.5) is 0 Å². The molecule has 38 heavy (non-hydrogen) atoms. The third-order valence-electron chi connectivity index (χ3n) is 5.39. The van der Waals surface area contributed by atoms with E-state index in [1.54, 1.807) is 0 Å². The van der Waals surface area contributed by atoms with Crippen molar-refractivity contribution in [1.29, 1.82) is 0 Å². The number of hydrazine groups is 1. The number of aliphatic hydroxyl groups excluding tert-OH is 1. The van der Waals surface area contributed by atoms with Crippen molar-refractivity contribution in [3.8, 4) is 0 Å². The molecule has 0 rings (SSSR count). The number of carbonyl (C=O) groups is 3. The van der Waals surface area contributed by atoms with Gasteiger partial charge in [-0.3, -0.25) is 24.4 Å². The molecule has 0 fully saturated rings. The first-order chi connectivity index (χ1) is 16.9. The van der Waals surface area contributed by atoms with Crippen LogP contribution < -0.4 is 10.9 Å². The number of carbonyl (C=O) groups excluding carboxylic acids is 1. The number of aliphatic carboxylic acids is 2. The molecule has 0 saturated carbocycles. The molecule has 0 saturated heterocycles. The number of carboxylic acids is 2. The predicted molar refractivity (Wildman–Crippen MR) is 152 cm³/mol. The second-order valence-corrected chi connectivity index (χ2v) is 10.9. The summed E-state index contributed by atoms with van der Waals surface area (Å²) in [5, 5.41) is 22.5. The van der Waals surface area contributed by atoms with Gasteiger partial charge < -0.3 is 15.3 Å². The van der Waals surface area contributed by atoms with Crippen molar-refractivity contribution in [2.24, 2.45) is 5.92 Å². The van der Waals surface area contributed by atoms with Crippen molar-refractivity contribution in [3.63, 3.8) is 0 Å². The number of nitrogens with one attached hydrogen (secondary N) is 2. The molecule has 0 aromatic heterocycles. The normalized spacial score (nSPS) is 11.4. The maximum absolute atomic E-state index is 11.4. The number of carboxylic acid groups (broad SMARTS) is 2. The van der Waals surface area contributed by atoms with Gasteiger partial charge in [-0.05, 0) is 12.3 Å². The molecule has 0 radical (unpaired) electrons. The van der Waals surface area contributed by atoms with Crippen LogP contribution in [0.15, 0.2) is 0 Å². The zero-order valence-electron chi connectivity index (χ0n) is 21.9. The molecule has 0 bridgehead atoms. The summed E-state index contributed by atoms with van der Waals surface area (Å²) in [6.07, 6.45) is 16.6. The number of rotatable bonds is 22. The minimum atomic E-state index is -4.84. The Morgan fingerprint density at radius 2 is 1.18 bits per heavy atom. The van der Waals surface area contributed by atoms with Crippen LogP contribution in [0.1, 0.15) is 110 Å². The predicted octanol–water partition coefficient (Wildman–Crippen LogP) is 2.22. The molecule has 0 heterocycles. The summed E-state index contributed by atoms with van der Waals surface area (Å²) < 4.78 is 28.7. The van der Waals surface area contributed by atoms with E-state index in [4.69, 9.17) is 19.9 Å². The molecule has 0 aromatic carbocycles. The van der Waals surface area contributed by atoms with Crippen molar-refractivity contribution in [2.45, 2.75) is 115 Å². The van der Waals surface area contributed by atoms with Crippen LogP contribution in [0.3, 0.4) is 0 Å². The van der Waals surface area contributed by atoms with Crippen LogP contribution in [-0.2, 0) is 24.5 Å². The van der Waals surface area contributed by atoms with Gasteiger partial charge in [0.25, 0.3) is 10.1 Å². The number of aliphatic hydroxyl groups is 1. The van der Waals surface area contributed by atoms with Gasteiger partial charge in [0.1, 0.15) is 0 Å². The average Bonchev–Trinajstić information content (AvgIpc) is 2.77. The molecule has 1 unspecified atom stereocenters. The molecule has 0 aliphatic heterocycles. The van der Waals surface area contributed by atoms with Crippen molar-refractivity contribution in [2.75, 3.05) is 13.2 Å². The minimum absolute atomic E-state index is 0. The Balaban J connectivity index is -0.000000351. The topological polar surface area (TPSA) is 190 Å². The van der Waals surface area contributed by atoms with Crippen molar-refractivity contribution in [1.82, 2.24) is 10.9 Å². The first-order valence-corrected chi connectivity index (χ1v) is 14.5. The molecular weight excluding hydrogens is 538 g/mol. The van der Waals surface area contributed by atoms with Gasteiger partial charge in [0.05, 0.1) is 13.0 Å². The summed E-state index contributed by atoms with van der Waals surface area (Å²) >= 11 is 0. The van der Waals surface area contributed by atoms with Gasteiger partial charge in [-0.2, -0.15) is 8.42 Å². The summed E-state index contributed by atoms with van der Waals surface area (Å²) in [7, 11) is -4.84.